The summed E-state index contributed by atoms with van der Waals surface area (Å²) in [6.07, 6.45) is 3.73. The monoisotopic (exact) mass is 261 g/mol. The zero-order valence-electron chi connectivity index (χ0n) is 12.4. The molecule has 0 aliphatic carbocycles. The second-order valence-corrected chi connectivity index (χ2v) is 5.52. The Morgan fingerprint density at radius 3 is 2.32 bits per heavy atom. The van der Waals surface area contributed by atoms with Crippen molar-refractivity contribution >= 4 is 5.69 Å². The van der Waals surface area contributed by atoms with Crippen LogP contribution < -0.4 is 10.2 Å². The van der Waals surface area contributed by atoms with Crippen LogP contribution in [-0.4, -0.2) is 51.7 Å². The molecule has 1 saturated heterocycles. The average Bonchev–Trinajstić information content (AvgIpc) is 2.45. The molecule has 0 saturated carbocycles. The Labute approximate surface area is 117 Å². The molecule has 19 heavy (non-hydrogen) atoms. The zero-order valence-corrected chi connectivity index (χ0v) is 12.4. The van der Waals surface area contributed by atoms with E-state index in [0.717, 1.165) is 19.6 Å². The van der Waals surface area contributed by atoms with Crippen molar-refractivity contribution in [1.29, 1.82) is 0 Å². The van der Waals surface area contributed by atoms with Gasteiger partial charge in [0.1, 0.15) is 0 Å². The maximum Gasteiger partial charge on any atom is 0.0367 e. The molecule has 1 N–H and O–H groups in total. The highest BCUT2D eigenvalue weighted by molar-refractivity contribution is 5.48. The maximum absolute atomic E-state index is 3.20. The number of aryl methyl sites for hydroxylation is 1. The molecule has 1 aromatic carbocycles. The predicted molar refractivity (Wildman–Crippen MR) is 83.0 cm³/mol. The molecule has 0 unspecified atom stereocenters. The molecule has 3 heteroatoms. The molecular formula is C16H27N3. The van der Waals surface area contributed by atoms with E-state index in [9.17, 15) is 0 Å². The van der Waals surface area contributed by atoms with Crippen molar-refractivity contribution in [2.75, 3.05) is 51.7 Å². The molecule has 106 valence electrons. The van der Waals surface area contributed by atoms with Gasteiger partial charge in [0.05, 0.1) is 0 Å². The summed E-state index contributed by atoms with van der Waals surface area (Å²) in [7, 11) is 4.22. The molecule has 0 spiro atoms. The molecule has 1 aliphatic rings. The Morgan fingerprint density at radius 1 is 1.00 bits per heavy atom. The molecule has 1 aliphatic heterocycles. The predicted octanol–water partition coefficient (Wildman–Crippen LogP) is 1.98. The quantitative estimate of drug-likeness (QED) is 0.790. The van der Waals surface area contributed by atoms with Gasteiger partial charge in [0.15, 0.2) is 0 Å². The number of hydrogen-bond acceptors (Lipinski definition) is 3. The second kappa shape index (κ2) is 7.51. The number of nitrogens with zero attached hydrogens (tertiary/aromatic N) is 2. The first-order valence-electron chi connectivity index (χ1n) is 7.46. The van der Waals surface area contributed by atoms with Gasteiger partial charge in [-0.2, -0.15) is 0 Å². The molecule has 0 bridgehead atoms. The number of piperazine rings is 1. The van der Waals surface area contributed by atoms with Crippen molar-refractivity contribution in [3.8, 4) is 0 Å². The molecule has 1 heterocycles. The summed E-state index contributed by atoms with van der Waals surface area (Å²) in [6, 6.07) is 9.18. The van der Waals surface area contributed by atoms with Crippen molar-refractivity contribution in [2.45, 2.75) is 19.3 Å². The average molecular weight is 261 g/mol. The van der Waals surface area contributed by atoms with Gasteiger partial charge in [-0.1, -0.05) is 12.1 Å². The van der Waals surface area contributed by atoms with E-state index in [0.29, 0.717) is 0 Å². The third-order valence-electron chi connectivity index (χ3n) is 3.95. The number of nitrogens with one attached hydrogen (secondary N) is 1. The minimum atomic E-state index is 1.12. The Balaban J connectivity index is 1.81. The Hall–Kier alpha value is -1.06. The van der Waals surface area contributed by atoms with E-state index in [2.05, 4.69) is 46.4 Å². The van der Waals surface area contributed by atoms with Crippen molar-refractivity contribution in [2.24, 2.45) is 0 Å². The number of unbranched alkanes of at least 4 members (excludes halogenated alkanes) is 1. The Bertz CT molecular complexity index is 353. The van der Waals surface area contributed by atoms with Crippen LogP contribution in [0.25, 0.3) is 0 Å². The number of benzene rings is 1. The van der Waals surface area contributed by atoms with Crippen LogP contribution in [0.1, 0.15) is 18.4 Å². The smallest absolute Gasteiger partial charge is 0.0367 e. The van der Waals surface area contributed by atoms with Crippen molar-refractivity contribution in [3.05, 3.63) is 29.8 Å². The van der Waals surface area contributed by atoms with E-state index in [1.54, 1.807) is 0 Å². The van der Waals surface area contributed by atoms with E-state index in [-0.39, 0.29) is 0 Å². The lowest BCUT2D eigenvalue weighted by molar-refractivity contribution is 0.313. The lowest BCUT2D eigenvalue weighted by Gasteiger charge is -2.34. The number of anilines is 1. The van der Waals surface area contributed by atoms with Gasteiger partial charge in [-0.25, -0.2) is 0 Å². The first kappa shape index (κ1) is 14.4. The van der Waals surface area contributed by atoms with Crippen LogP contribution in [0.15, 0.2) is 24.3 Å². The van der Waals surface area contributed by atoms with Gasteiger partial charge in [-0.3, -0.25) is 0 Å². The fourth-order valence-electron chi connectivity index (χ4n) is 2.57. The van der Waals surface area contributed by atoms with Gasteiger partial charge in [0, 0.05) is 31.9 Å². The minimum absolute atomic E-state index is 1.12. The fraction of sp³-hybridized carbons (Fsp3) is 0.625. The van der Waals surface area contributed by atoms with E-state index in [4.69, 9.17) is 0 Å². The lowest BCUT2D eigenvalue weighted by Crippen LogP contribution is -2.44. The van der Waals surface area contributed by atoms with Gasteiger partial charge in [0.25, 0.3) is 0 Å². The summed E-state index contributed by atoms with van der Waals surface area (Å²) in [5, 5.41) is 3.20. The van der Waals surface area contributed by atoms with Crippen molar-refractivity contribution in [1.82, 2.24) is 10.2 Å². The van der Waals surface area contributed by atoms with Crippen LogP contribution in [0, 0.1) is 0 Å². The summed E-state index contributed by atoms with van der Waals surface area (Å²) >= 11 is 0. The standard InChI is InChI=1S/C16H27N3/c1-17-10-4-3-5-15-6-8-16(9-7-15)19-13-11-18(2)12-14-19/h6-9,17H,3-5,10-14H2,1-2H3. The number of hydrogen-bond donors (Lipinski definition) is 1. The highest BCUT2D eigenvalue weighted by atomic mass is 15.2. The maximum atomic E-state index is 3.20. The summed E-state index contributed by atoms with van der Waals surface area (Å²) in [5.74, 6) is 0. The van der Waals surface area contributed by atoms with Crippen LogP contribution >= 0.6 is 0 Å². The molecule has 0 atom stereocenters. The minimum Gasteiger partial charge on any atom is -0.369 e. The van der Waals surface area contributed by atoms with Crippen molar-refractivity contribution in [3.63, 3.8) is 0 Å². The molecule has 0 aromatic heterocycles. The summed E-state index contributed by atoms with van der Waals surface area (Å²) in [5.41, 5.74) is 2.85. The number of likely N-dealkylation sites (N-methyl/N-ethyl adjacent to an activating group) is 1. The molecule has 0 amide bonds. The molecule has 1 aromatic rings. The first-order valence-corrected chi connectivity index (χ1v) is 7.46. The van der Waals surface area contributed by atoms with Gasteiger partial charge >= 0.3 is 0 Å². The Morgan fingerprint density at radius 2 is 1.68 bits per heavy atom. The topological polar surface area (TPSA) is 18.5 Å². The van der Waals surface area contributed by atoms with Gasteiger partial charge in [0.2, 0.25) is 0 Å². The van der Waals surface area contributed by atoms with Crippen LogP contribution in [0.3, 0.4) is 0 Å². The van der Waals surface area contributed by atoms with Crippen LogP contribution in [0.4, 0.5) is 5.69 Å². The van der Waals surface area contributed by atoms with Crippen molar-refractivity contribution < 1.29 is 0 Å². The highest BCUT2D eigenvalue weighted by Crippen LogP contribution is 2.17. The third-order valence-corrected chi connectivity index (χ3v) is 3.95. The largest absolute Gasteiger partial charge is 0.369 e. The normalized spacial score (nSPS) is 16.8. The second-order valence-electron chi connectivity index (χ2n) is 5.52. The lowest BCUT2D eigenvalue weighted by atomic mass is 10.1. The summed E-state index contributed by atoms with van der Waals surface area (Å²) in [6.45, 7) is 5.77. The van der Waals surface area contributed by atoms with Crippen LogP contribution in [0.5, 0.6) is 0 Å². The molecule has 2 rings (SSSR count). The van der Waals surface area contributed by atoms with Crippen LogP contribution in [-0.2, 0) is 6.42 Å². The van der Waals surface area contributed by atoms with E-state index in [1.807, 2.05) is 7.05 Å². The van der Waals surface area contributed by atoms with Crippen LogP contribution in [0.2, 0.25) is 0 Å². The first-order chi connectivity index (χ1) is 9.29. The number of rotatable bonds is 6. The van der Waals surface area contributed by atoms with Gasteiger partial charge in [-0.15, -0.1) is 0 Å². The molecule has 1 fully saturated rings. The van der Waals surface area contributed by atoms with E-state index < -0.39 is 0 Å². The Kier molecular flexibility index (Phi) is 5.67. The van der Waals surface area contributed by atoms with E-state index in [1.165, 1.54) is 43.6 Å². The molecule has 3 nitrogen and oxygen atoms in total. The fourth-order valence-corrected chi connectivity index (χ4v) is 2.57. The van der Waals surface area contributed by atoms with Gasteiger partial charge < -0.3 is 15.1 Å². The molecular weight excluding hydrogens is 234 g/mol. The highest BCUT2D eigenvalue weighted by Gasteiger charge is 2.13. The third kappa shape index (κ3) is 4.51. The SMILES string of the molecule is CNCCCCc1ccc(N2CCN(C)CC2)cc1. The zero-order chi connectivity index (χ0) is 13.5. The van der Waals surface area contributed by atoms with Gasteiger partial charge in [-0.05, 0) is 57.6 Å². The molecule has 0 radical (unpaired) electrons. The summed E-state index contributed by atoms with van der Waals surface area (Å²) < 4.78 is 0. The van der Waals surface area contributed by atoms with E-state index >= 15 is 0 Å². The summed E-state index contributed by atoms with van der Waals surface area (Å²) in [4.78, 5) is 4.89.